The molecule has 0 bridgehead atoms. The lowest BCUT2D eigenvalue weighted by Gasteiger charge is -2.32. The van der Waals surface area contributed by atoms with Crippen molar-refractivity contribution >= 4 is 22.4 Å². The van der Waals surface area contributed by atoms with Crippen LogP contribution in [-0.2, 0) is 11.3 Å². The summed E-state index contributed by atoms with van der Waals surface area (Å²) in [7, 11) is 0. The van der Waals surface area contributed by atoms with Crippen LogP contribution in [0.15, 0.2) is 54.7 Å². The van der Waals surface area contributed by atoms with Crippen molar-refractivity contribution in [1.82, 2.24) is 15.1 Å². The van der Waals surface area contributed by atoms with Gasteiger partial charge in [0, 0.05) is 11.9 Å². The Morgan fingerprint density at radius 3 is 2.84 bits per heavy atom. The monoisotopic (exact) mass is 431 g/mol. The van der Waals surface area contributed by atoms with Crippen molar-refractivity contribution in [2.45, 2.75) is 59.4 Å². The van der Waals surface area contributed by atoms with Gasteiger partial charge in [0.25, 0.3) is 0 Å². The molecule has 2 aromatic carbocycles. The minimum Gasteiger partial charge on any atom is -0.508 e. The maximum absolute atomic E-state index is 13.0. The molecular weight excluding hydrogens is 398 g/mol. The first-order valence-electron chi connectivity index (χ1n) is 11.5. The predicted octanol–water partition coefficient (Wildman–Crippen LogP) is 5.85. The SMILES string of the molecule is CC(C(=O)NCc1ccnn1C1=CC(C(C)(C)C)CCC1)c1cccc2ccc(O)cc12. The number of nitrogens with zero attached hydrogens (tertiary/aromatic N) is 2. The molecule has 4 rings (SSSR count). The van der Waals surface area contributed by atoms with Gasteiger partial charge in [0.15, 0.2) is 0 Å². The van der Waals surface area contributed by atoms with Gasteiger partial charge in [0.1, 0.15) is 5.75 Å². The molecule has 32 heavy (non-hydrogen) atoms. The lowest BCUT2D eigenvalue weighted by Crippen LogP contribution is -2.29. The average molecular weight is 432 g/mol. The average Bonchev–Trinajstić information content (AvgIpc) is 3.24. The topological polar surface area (TPSA) is 67.2 Å². The maximum atomic E-state index is 13.0. The minimum absolute atomic E-state index is 0.0428. The first kappa shape index (κ1) is 22.1. The molecule has 0 fully saturated rings. The number of allylic oxidation sites excluding steroid dienone is 2. The number of carbonyl (C=O) groups excluding carboxylic acids is 1. The number of rotatable bonds is 5. The van der Waals surface area contributed by atoms with Crippen LogP contribution in [0.1, 0.15) is 64.1 Å². The number of aromatic hydroxyl groups is 1. The van der Waals surface area contributed by atoms with E-state index in [0.717, 1.165) is 34.9 Å². The summed E-state index contributed by atoms with van der Waals surface area (Å²) >= 11 is 0. The van der Waals surface area contributed by atoms with Crippen molar-refractivity contribution in [3.63, 3.8) is 0 Å². The van der Waals surface area contributed by atoms with Crippen LogP contribution in [-0.4, -0.2) is 20.8 Å². The number of nitrogens with one attached hydrogen (secondary N) is 1. The molecular formula is C27H33N3O2. The molecule has 0 spiro atoms. The van der Waals surface area contributed by atoms with E-state index in [-0.39, 0.29) is 23.0 Å². The number of fused-ring (bicyclic) bond motifs is 1. The molecule has 2 N–H and O–H groups in total. The summed E-state index contributed by atoms with van der Waals surface area (Å²) in [5.41, 5.74) is 3.35. The molecule has 2 atom stereocenters. The first-order valence-corrected chi connectivity index (χ1v) is 11.5. The van der Waals surface area contributed by atoms with E-state index >= 15 is 0 Å². The summed E-state index contributed by atoms with van der Waals surface area (Å²) in [4.78, 5) is 13.0. The Morgan fingerprint density at radius 1 is 1.25 bits per heavy atom. The molecule has 3 aromatic rings. The number of phenolic OH excluding ortho intramolecular Hbond substituents is 1. The smallest absolute Gasteiger partial charge is 0.227 e. The normalized spacial score (nSPS) is 17.8. The highest BCUT2D eigenvalue weighted by Crippen LogP contribution is 2.37. The zero-order valence-electron chi connectivity index (χ0n) is 19.4. The molecule has 1 aliphatic carbocycles. The van der Waals surface area contributed by atoms with Gasteiger partial charge in [-0.25, -0.2) is 4.68 Å². The van der Waals surface area contributed by atoms with Crippen LogP contribution >= 0.6 is 0 Å². The van der Waals surface area contributed by atoms with Crippen LogP contribution in [0.3, 0.4) is 0 Å². The Kier molecular flexibility index (Phi) is 6.09. The van der Waals surface area contributed by atoms with E-state index < -0.39 is 0 Å². The van der Waals surface area contributed by atoms with Gasteiger partial charge in [0.2, 0.25) is 5.91 Å². The first-order chi connectivity index (χ1) is 15.2. The van der Waals surface area contributed by atoms with Gasteiger partial charge >= 0.3 is 0 Å². The number of benzene rings is 2. The Balaban J connectivity index is 1.50. The van der Waals surface area contributed by atoms with E-state index in [9.17, 15) is 9.90 Å². The van der Waals surface area contributed by atoms with Gasteiger partial charge < -0.3 is 10.4 Å². The summed E-state index contributed by atoms with van der Waals surface area (Å²) in [6.07, 6.45) is 7.54. The van der Waals surface area contributed by atoms with E-state index in [4.69, 9.17) is 0 Å². The second-order valence-electron chi connectivity index (χ2n) is 9.95. The summed E-state index contributed by atoms with van der Waals surface area (Å²) in [6.45, 7) is 9.20. The molecule has 1 heterocycles. The minimum atomic E-state index is -0.337. The largest absolute Gasteiger partial charge is 0.508 e. The zero-order chi connectivity index (χ0) is 22.9. The molecule has 0 aliphatic heterocycles. The third-order valence-corrected chi connectivity index (χ3v) is 6.65. The van der Waals surface area contributed by atoms with E-state index in [2.05, 4.69) is 37.3 Å². The quantitative estimate of drug-likeness (QED) is 0.532. The number of amides is 1. The number of hydrogen-bond donors (Lipinski definition) is 2. The van der Waals surface area contributed by atoms with Gasteiger partial charge in [-0.2, -0.15) is 5.10 Å². The Morgan fingerprint density at radius 2 is 2.06 bits per heavy atom. The zero-order valence-corrected chi connectivity index (χ0v) is 19.4. The maximum Gasteiger partial charge on any atom is 0.227 e. The highest BCUT2D eigenvalue weighted by atomic mass is 16.3. The molecule has 5 nitrogen and oxygen atoms in total. The Labute approximate surface area is 190 Å². The van der Waals surface area contributed by atoms with Crippen molar-refractivity contribution < 1.29 is 9.90 Å². The highest BCUT2D eigenvalue weighted by molar-refractivity contribution is 5.93. The molecule has 0 saturated heterocycles. The third kappa shape index (κ3) is 4.57. The molecule has 0 saturated carbocycles. The molecule has 1 aliphatic rings. The number of carbonyl (C=O) groups is 1. The molecule has 168 valence electrons. The van der Waals surface area contributed by atoms with Crippen molar-refractivity contribution in [1.29, 1.82) is 0 Å². The fourth-order valence-corrected chi connectivity index (χ4v) is 4.62. The second-order valence-corrected chi connectivity index (χ2v) is 9.95. The van der Waals surface area contributed by atoms with Crippen molar-refractivity contribution in [2.24, 2.45) is 11.3 Å². The molecule has 2 unspecified atom stereocenters. The summed E-state index contributed by atoms with van der Waals surface area (Å²) in [5.74, 6) is 0.353. The third-order valence-electron chi connectivity index (χ3n) is 6.65. The van der Waals surface area contributed by atoms with Crippen LogP contribution < -0.4 is 5.32 Å². The van der Waals surface area contributed by atoms with Gasteiger partial charge in [-0.05, 0) is 72.1 Å². The summed E-state index contributed by atoms with van der Waals surface area (Å²) in [6, 6.07) is 13.1. The standard InChI is InChI=1S/C27H33N3O2/c1-18(24-10-5-7-19-11-12-23(31)16-25(19)24)26(32)28-17-22-13-14-29-30(22)21-9-6-8-20(15-21)27(2,3)4/h5,7,10-16,18,20,31H,6,8-9,17H2,1-4H3,(H,28,32). The van der Waals surface area contributed by atoms with E-state index in [0.29, 0.717) is 12.5 Å². The second kappa shape index (κ2) is 8.81. The van der Waals surface area contributed by atoms with Crippen LogP contribution in [0.5, 0.6) is 5.75 Å². The van der Waals surface area contributed by atoms with Gasteiger partial charge in [-0.1, -0.05) is 51.1 Å². The summed E-state index contributed by atoms with van der Waals surface area (Å²) < 4.78 is 2.00. The number of hydrogen-bond acceptors (Lipinski definition) is 3. The fourth-order valence-electron chi connectivity index (χ4n) is 4.62. The molecule has 5 heteroatoms. The summed E-state index contributed by atoms with van der Waals surface area (Å²) in [5, 5.41) is 19.5. The van der Waals surface area contributed by atoms with Gasteiger partial charge in [0.05, 0.1) is 18.2 Å². The Hall–Kier alpha value is -3.08. The molecule has 1 amide bonds. The lowest BCUT2D eigenvalue weighted by molar-refractivity contribution is -0.122. The highest BCUT2D eigenvalue weighted by Gasteiger charge is 2.27. The number of aromatic nitrogens is 2. The van der Waals surface area contributed by atoms with Crippen LogP contribution in [0, 0.1) is 11.3 Å². The Bertz CT molecular complexity index is 1150. The van der Waals surface area contributed by atoms with Gasteiger partial charge in [-0.15, -0.1) is 0 Å². The van der Waals surface area contributed by atoms with Crippen molar-refractivity contribution in [3.05, 3.63) is 66.0 Å². The van der Waals surface area contributed by atoms with E-state index in [1.165, 1.54) is 12.1 Å². The van der Waals surface area contributed by atoms with Crippen LogP contribution in [0.2, 0.25) is 0 Å². The number of phenols is 1. The van der Waals surface area contributed by atoms with Crippen LogP contribution in [0.25, 0.3) is 16.5 Å². The van der Waals surface area contributed by atoms with Crippen molar-refractivity contribution in [3.8, 4) is 5.75 Å². The van der Waals surface area contributed by atoms with Crippen molar-refractivity contribution in [2.75, 3.05) is 0 Å². The lowest BCUT2D eigenvalue weighted by atomic mass is 9.75. The fraction of sp³-hybridized carbons (Fsp3) is 0.407. The predicted molar refractivity (Wildman–Crippen MR) is 129 cm³/mol. The van der Waals surface area contributed by atoms with E-state index in [1.54, 1.807) is 18.3 Å². The van der Waals surface area contributed by atoms with E-state index in [1.807, 2.05) is 41.9 Å². The molecule has 0 radical (unpaired) electrons. The van der Waals surface area contributed by atoms with Gasteiger partial charge in [-0.3, -0.25) is 4.79 Å². The molecule has 1 aromatic heterocycles. The van der Waals surface area contributed by atoms with Crippen LogP contribution in [0.4, 0.5) is 0 Å².